The van der Waals surface area contributed by atoms with Crippen LogP contribution in [0.4, 0.5) is 0 Å². The zero-order chi connectivity index (χ0) is 13.7. The van der Waals surface area contributed by atoms with Gasteiger partial charge in [0.25, 0.3) is 0 Å². The number of nitrogens with zero attached hydrogens (tertiary/aromatic N) is 1. The average molecular weight is 280 g/mol. The molecule has 19 heavy (non-hydrogen) atoms. The topological polar surface area (TPSA) is 15.3 Å². The number of thiophene rings is 1. The summed E-state index contributed by atoms with van der Waals surface area (Å²) in [5.41, 5.74) is 1.58. The molecule has 1 aromatic rings. The largest absolute Gasteiger partial charge is 0.310 e. The van der Waals surface area contributed by atoms with Crippen LogP contribution in [0, 0.1) is 0 Å². The van der Waals surface area contributed by atoms with Crippen LogP contribution in [-0.4, -0.2) is 31.1 Å². The van der Waals surface area contributed by atoms with Gasteiger partial charge in [-0.15, -0.1) is 11.3 Å². The summed E-state index contributed by atoms with van der Waals surface area (Å²) in [7, 11) is 2.22. The van der Waals surface area contributed by atoms with E-state index in [4.69, 9.17) is 0 Å². The molecule has 1 aromatic heterocycles. The lowest BCUT2D eigenvalue weighted by molar-refractivity contribution is 0.267. The molecule has 1 aliphatic rings. The fraction of sp³-hybridized carbons (Fsp3) is 0.750. The average Bonchev–Trinajstić information content (AvgIpc) is 2.87. The van der Waals surface area contributed by atoms with E-state index in [-0.39, 0.29) is 0 Å². The molecule has 0 aliphatic heterocycles. The number of aryl methyl sites for hydroxylation is 1. The smallest absolute Gasteiger partial charge is 0.0331 e. The Hall–Kier alpha value is -0.380. The Kier molecular flexibility index (Phi) is 5.86. The molecule has 0 amide bonds. The maximum Gasteiger partial charge on any atom is 0.0331 e. The molecule has 2 nitrogen and oxygen atoms in total. The third kappa shape index (κ3) is 4.30. The molecule has 0 aromatic carbocycles. The van der Waals surface area contributed by atoms with Crippen LogP contribution < -0.4 is 5.32 Å². The summed E-state index contributed by atoms with van der Waals surface area (Å²) >= 11 is 1.93. The van der Waals surface area contributed by atoms with Crippen LogP contribution in [0.3, 0.4) is 0 Å². The van der Waals surface area contributed by atoms with Crippen LogP contribution in [0.15, 0.2) is 11.4 Å². The zero-order valence-corrected chi connectivity index (χ0v) is 13.4. The Morgan fingerprint density at radius 1 is 1.42 bits per heavy atom. The summed E-state index contributed by atoms with van der Waals surface area (Å²) in [5.74, 6) is 0. The van der Waals surface area contributed by atoms with E-state index in [9.17, 15) is 0 Å². The van der Waals surface area contributed by atoms with E-state index in [2.05, 4.69) is 42.6 Å². The Bertz CT molecular complexity index is 373. The first-order chi connectivity index (χ1) is 9.18. The first-order valence-electron chi connectivity index (χ1n) is 7.68. The molecule has 0 saturated carbocycles. The van der Waals surface area contributed by atoms with Crippen molar-refractivity contribution in [1.82, 2.24) is 10.2 Å². The van der Waals surface area contributed by atoms with Gasteiger partial charge in [-0.2, -0.15) is 0 Å². The molecule has 2 rings (SSSR count). The number of hydrogen-bond donors (Lipinski definition) is 1. The van der Waals surface area contributed by atoms with Crippen molar-refractivity contribution in [2.45, 2.75) is 58.0 Å². The van der Waals surface area contributed by atoms with Gasteiger partial charge in [0.15, 0.2) is 0 Å². The highest BCUT2D eigenvalue weighted by molar-refractivity contribution is 7.10. The monoisotopic (exact) mass is 280 g/mol. The highest BCUT2D eigenvalue weighted by Crippen LogP contribution is 2.33. The molecule has 3 heteroatoms. The van der Waals surface area contributed by atoms with E-state index >= 15 is 0 Å². The molecular weight excluding hydrogens is 252 g/mol. The van der Waals surface area contributed by atoms with Crippen molar-refractivity contribution in [2.75, 3.05) is 20.1 Å². The Labute approximate surface area is 122 Å². The van der Waals surface area contributed by atoms with Crippen LogP contribution in [-0.2, 0) is 6.42 Å². The van der Waals surface area contributed by atoms with Gasteiger partial charge in [-0.1, -0.05) is 0 Å². The molecular formula is C16H28N2S. The standard InChI is InChI=1S/C16H28N2S/c1-13(2)18(3)11-5-4-10-17-15-7-6-8-16-14(15)9-12-19-16/h9,12-13,15,17H,4-8,10-11H2,1-3H3. The lowest BCUT2D eigenvalue weighted by Crippen LogP contribution is -2.29. The molecule has 1 aliphatic carbocycles. The normalized spacial score (nSPS) is 19.1. The van der Waals surface area contributed by atoms with Gasteiger partial charge < -0.3 is 10.2 Å². The minimum Gasteiger partial charge on any atom is -0.310 e. The second-order valence-corrected chi connectivity index (χ2v) is 6.98. The highest BCUT2D eigenvalue weighted by atomic mass is 32.1. The van der Waals surface area contributed by atoms with Crippen molar-refractivity contribution in [3.63, 3.8) is 0 Å². The van der Waals surface area contributed by atoms with E-state index in [0.717, 1.165) is 6.54 Å². The third-order valence-electron chi connectivity index (χ3n) is 4.26. The zero-order valence-electron chi connectivity index (χ0n) is 12.6. The Balaban J connectivity index is 1.65. The molecule has 0 saturated heterocycles. The van der Waals surface area contributed by atoms with Crippen LogP contribution in [0.25, 0.3) is 0 Å². The van der Waals surface area contributed by atoms with Gasteiger partial charge in [-0.3, -0.25) is 0 Å². The fourth-order valence-electron chi connectivity index (χ4n) is 2.72. The van der Waals surface area contributed by atoms with E-state index in [0.29, 0.717) is 12.1 Å². The first-order valence-corrected chi connectivity index (χ1v) is 8.56. The predicted molar refractivity (Wildman–Crippen MR) is 85.0 cm³/mol. The van der Waals surface area contributed by atoms with Gasteiger partial charge in [-0.25, -0.2) is 0 Å². The van der Waals surface area contributed by atoms with Crippen molar-refractivity contribution < 1.29 is 0 Å². The molecule has 1 atom stereocenters. The molecule has 1 N–H and O–H groups in total. The Morgan fingerprint density at radius 3 is 3.05 bits per heavy atom. The predicted octanol–water partition coefficient (Wildman–Crippen LogP) is 3.84. The second-order valence-electron chi connectivity index (χ2n) is 5.98. The summed E-state index contributed by atoms with van der Waals surface area (Å²) in [6, 6.07) is 3.61. The summed E-state index contributed by atoms with van der Waals surface area (Å²) in [6.45, 7) is 6.90. The maximum absolute atomic E-state index is 3.76. The molecule has 0 bridgehead atoms. The third-order valence-corrected chi connectivity index (χ3v) is 5.26. The minimum absolute atomic E-state index is 0.623. The Morgan fingerprint density at radius 2 is 2.26 bits per heavy atom. The fourth-order valence-corrected chi connectivity index (χ4v) is 3.71. The van der Waals surface area contributed by atoms with Crippen molar-refractivity contribution >= 4 is 11.3 Å². The summed E-state index contributed by atoms with van der Waals surface area (Å²) < 4.78 is 0. The van der Waals surface area contributed by atoms with E-state index < -0.39 is 0 Å². The minimum atomic E-state index is 0.623. The number of fused-ring (bicyclic) bond motifs is 1. The van der Waals surface area contributed by atoms with Crippen LogP contribution in [0.1, 0.15) is 56.0 Å². The van der Waals surface area contributed by atoms with Crippen LogP contribution in [0.5, 0.6) is 0 Å². The van der Waals surface area contributed by atoms with Crippen molar-refractivity contribution in [3.8, 4) is 0 Å². The lowest BCUT2D eigenvalue weighted by Gasteiger charge is -2.24. The SMILES string of the molecule is CC(C)N(C)CCCCNC1CCCc2sccc21. The number of rotatable bonds is 7. The van der Waals surface area contributed by atoms with E-state index in [1.807, 2.05) is 11.3 Å². The molecule has 1 unspecified atom stereocenters. The van der Waals surface area contributed by atoms with E-state index in [1.165, 1.54) is 38.6 Å². The summed E-state index contributed by atoms with van der Waals surface area (Å²) in [4.78, 5) is 4.04. The maximum atomic E-state index is 3.76. The van der Waals surface area contributed by atoms with Gasteiger partial charge in [0.2, 0.25) is 0 Å². The number of unbranched alkanes of at least 4 members (excludes halogenated alkanes) is 1. The summed E-state index contributed by atoms with van der Waals surface area (Å²) in [6.07, 6.45) is 6.54. The molecule has 0 spiro atoms. The van der Waals surface area contributed by atoms with Gasteiger partial charge in [0.1, 0.15) is 0 Å². The second kappa shape index (κ2) is 7.41. The van der Waals surface area contributed by atoms with Crippen molar-refractivity contribution in [3.05, 3.63) is 21.9 Å². The van der Waals surface area contributed by atoms with Gasteiger partial charge in [0, 0.05) is 17.0 Å². The van der Waals surface area contributed by atoms with Gasteiger partial charge in [-0.05, 0) is 83.1 Å². The van der Waals surface area contributed by atoms with Crippen LogP contribution in [0.2, 0.25) is 0 Å². The number of hydrogen-bond acceptors (Lipinski definition) is 3. The quantitative estimate of drug-likeness (QED) is 0.764. The first kappa shape index (κ1) is 15.0. The molecule has 1 heterocycles. The molecule has 0 radical (unpaired) electrons. The molecule has 0 fully saturated rings. The van der Waals surface area contributed by atoms with E-state index in [1.54, 1.807) is 10.4 Å². The van der Waals surface area contributed by atoms with Gasteiger partial charge in [0.05, 0.1) is 0 Å². The van der Waals surface area contributed by atoms with Crippen molar-refractivity contribution in [1.29, 1.82) is 0 Å². The molecule has 108 valence electrons. The van der Waals surface area contributed by atoms with Gasteiger partial charge >= 0.3 is 0 Å². The van der Waals surface area contributed by atoms with Crippen LogP contribution >= 0.6 is 11.3 Å². The summed E-state index contributed by atoms with van der Waals surface area (Å²) in [5, 5.41) is 6.01. The van der Waals surface area contributed by atoms with Crippen molar-refractivity contribution in [2.24, 2.45) is 0 Å². The lowest BCUT2D eigenvalue weighted by atomic mass is 9.94. The number of nitrogens with one attached hydrogen (secondary N) is 1. The highest BCUT2D eigenvalue weighted by Gasteiger charge is 2.20.